The summed E-state index contributed by atoms with van der Waals surface area (Å²) in [7, 11) is 0. The van der Waals surface area contributed by atoms with Gasteiger partial charge in [0.15, 0.2) is 0 Å². The third-order valence-corrected chi connectivity index (χ3v) is 4.24. The first-order chi connectivity index (χ1) is 10.6. The minimum atomic E-state index is -0.313. The summed E-state index contributed by atoms with van der Waals surface area (Å²) in [5, 5.41) is 8.60. The number of nitrogens with zero attached hydrogens (tertiary/aromatic N) is 1. The molecule has 0 fully saturated rings. The zero-order chi connectivity index (χ0) is 15.3. The number of nitrogens with two attached hydrogens (primary N) is 1. The summed E-state index contributed by atoms with van der Waals surface area (Å²) in [6, 6.07) is 0.0280. The van der Waals surface area contributed by atoms with Crippen LogP contribution in [-0.2, 0) is 9.59 Å². The Kier molecular flexibility index (Phi) is 2.69. The van der Waals surface area contributed by atoms with Crippen molar-refractivity contribution in [3.63, 3.8) is 0 Å². The third-order valence-electron chi connectivity index (χ3n) is 4.24. The number of aliphatic imine (C=N–C) groups is 1. The lowest BCUT2D eigenvalue weighted by Gasteiger charge is -2.20. The predicted molar refractivity (Wildman–Crippen MR) is 80.1 cm³/mol. The summed E-state index contributed by atoms with van der Waals surface area (Å²) in [5.41, 5.74) is 8.08. The monoisotopic (exact) mass is 297 g/mol. The molecule has 0 saturated carbocycles. The van der Waals surface area contributed by atoms with Crippen LogP contribution in [0.15, 0.2) is 51.8 Å². The maximum absolute atomic E-state index is 12.3. The van der Waals surface area contributed by atoms with Gasteiger partial charge in [-0.3, -0.25) is 14.9 Å². The van der Waals surface area contributed by atoms with E-state index in [0.29, 0.717) is 24.4 Å². The fourth-order valence-corrected chi connectivity index (χ4v) is 3.32. The van der Waals surface area contributed by atoms with Gasteiger partial charge in [-0.15, -0.1) is 0 Å². The Morgan fingerprint density at radius 3 is 2.77 bits per heavy atom. The lowest BCUT2D eigenvalue weighted by molar-refractivity contribution is -0.118. The Morgan fingerprint density at radius 2 is 2.00 bits per heavy atom. The molecule has 0 saturated heterocycles. The summed E-state index contributed by atoms with van der Waals surface area (Å²) < 4.78 is 0. The number of hydrogen-bond donors (Lipinski definition) is 4. The lowest BCUT2D eigenvalue weighted by atomic mass is 9.84. The largest absolute Gasteiger partial charge is 0.373 e. The first kappa shape index (κ1) is 12.9. The smallest absolute Gasteiger partial charge is 0.276 e. The Balaban J connectivity index is 1.90. The van der Waals surface area contributed by atoms with Gasteiger partial charge in [-0.1, -0.05) is 24.3 Å². The molecule has 2 unspecified atom stereocenters. The molecule has 4 aliphatic rings. The van der Waals surface area contributed by atoms with Crippen molar-refractivity contribution in [3.05, 3.63) is 46.8 Å². The third kappa shape index (κ3) is 1.78. The number of carbonyl (C=O) groups is 2. The SMILES string of the molecule is NC1=N/C(=C2/CCNC(=O)C3=C2C2C=CC=CC2N3)C(=O)N1. The molecule has 2 amide bonds. The normalized spacial score (nSPS) is 32.8. The van der Waals surface area contributed by atoms with Crippen molar-refractivity contribution in [1.82, 2.24) is 16.0 Å². The summed E-state index contributed by atoms with van der Waals surface area (Å²) in [4.78, 5) is 28.5. The molecule has 3 aliphatic heterocycles. The molecule has 1 aliphatic carbocycles. The molecule has 22 heavy (non-hydrogen) atoms. The molecule has 5 N–H and O–H groups in total. The number of fused-ring (bicyclic) bond motifs is 2. The predicted octanol–water partition coefficient (Wildman–Crippen LogP) is -0.827. The number of amides is 2. The zero-order valence-corrected chi connectivity index (χ0v) is 11.7. The van der Waals surface area contributed by atoms with Crippen LogP contribution in [0.5, 0.6) is 0 Å². The molecule has 7 nitrogen and oxygen atoms in total. The van der Waals surface area contributed by atoms with Crippen molar-refractivity contribution >= 4 is 17.8 Å². The van der Waals surface area contributed by atoms with Crippen molar-refractivity contribution in [2.45, 2.75) is 12.5 Å². The lowest BCUT2D eigenvalue weighted by Crippen LogP contribution is -2.34. The molecule has 0 radical (unpaired) electrons. The van der Waals surface area contributed by atoms with Gasteiger partial charge in [0.2, 0.25) is 5.96 Å². The van der Waals surface area contributed by atoms with E-state index in [4.69, 9.17) is 5.73 Å². The zero-order valence-electron chi connectivity index (χ0n) is 11.7. The van der Waals surface area contributed by atoms with Gasteiger partial charge >= 0.3 is 0 Å². The Labute approximate surface area is 126 Å². The highest BCUT2D eigenvalue weighted by molar-refractivity contribution is 6.12. The number of rotatable bonds is 0. The van der Waals surface area contributed by atoms with E-state index in [2.05, 4.69) is 20.9 Å². The van der Waals surface area contributed by atoms with Crippen LogP contribution in [0.25, 0.3) is 0 Å². The van der Waals surface area contributed by atoms with Crippen molar-refractivity contribution in [2.75, 3.05) is 6.54 Å². The quantitative estimate of drug-likeness (QED) is 0.438. The fraction of sp³-hybridized carbons (Fsp3) is 0.267. The Hall–Kier alpha value is -2.83. The van der Waals surface area contributed by atoms with Gasteiger partial charge in [-0.05, 0) is 17.6 Å². The van der Waals surface area contributed by atoms with Crippen molar-refractivity contribution < 1.29 is 9.59 Å². The van der Waals surface area contributed by atoms with E-state index >= 15 is 0 Å². The van der Waals surface area contributed by atoms with Gasteiger partial charge in [0.25, 0.3) is 11.8 Å². The van der Waals surface area contributed by atoms with Gasteiger partial charge in [0, 0.05) is 12.5 Å². The number of nitrogens with one attached hydrogen (secondary N) is 3. The highest BCUT2D eigenvalue weighted by Gasteiger charge is 2.40. The number of hydrogen-bond acceptors (Lipinski definition) is 5. The highest BCUT2D eigenvalue weighted by atomic mass is 16.2. The molecule has 0 aromatic heterocycles. The molecule has 0 spiro atoms. The standard InChI is InChI=1S/C15H15N5O2/c16-15-19-11(14(22)20-15)8-5-6-17-13(21)12-10(8)7-3-1-2-4-9(7)18-12/h1-4,7,9,18H,5-6H2,(H,17,21)(H3,16,19,20,22)/b11-8-. The van der Waals surface area contributed by atoms with Gasteiger partial charge in [0.05, 0.1) is 6.04 Å². The molecule has 0 bridgehead atoms. The summed E-state index contributed by atoms with van der Waals surface area (Å²) in [6.45, 7) is 0.464. The first-order valence-electron chi connectivity index (χ1n) is 7.18. The average Bonchev–Trinajstić information content (AvgIpc) is 2.99. The van der Waals surface area contributed by atoms with Gasteiger partial charge in [-0.2, -0.15) is 0 Å². The second-order valence-corrected chi connectivity index (χ2v) is 5.54. The van der Waals surface area contributed by atoms with Crippen LogP contribution in [-0.4, -0.2) is 30.4 Å². The van der Waals surface area contributed by atoms with Crippen molar-refractivity contribution in [3.8, 4) is 0 Å². The maximum Gasteiger partial charge on any atom is 0.276 e. The summed E-state index contributed by atoms with van der Waals surface area (Å²) in [6.07, 6.45) is 8.51. The maximum atomic E-state index is 12.3. The molecule has 0 aromatic carbocycles. The second-order valence-electron chi connectivity index (χ2n) is 5.54. The van der Waals surface area contributed by atoms with Gasteiger partial charge < -0.3 is 16.4 Å². The van der Waals surface area contributed by atoms with Crippen molar-refractivity contribution in [1.29, 1.82) is 0 Å². The fourth-order valence-electron chi connectivity index (χ4n) is 3.32. The Morgan fingerprint density at radius 1 is 1.18 bits per heavy atom. The van der Waals surface area contributed by atoms with Crippen molar-refractivity contribution in [2.24, 2.45) is 16.6 Å². The van der Waals surface area contributed by atoms with Crippen LogP contribution in [0.4, 0.5) is 0 Å². The van der Waals surface area contributed by atoms with Crippen LogP contribution < -0.4 is 21.7 Å². The topological polar surface area (TPSA) is 109 Å². The summed E-state index contributed by atoms with van der Waals surface area (Å²) >= 11 is 0. The highest BCUT2D eigenvalue weighted by Crippen LogP contribution is 2.39. The molecule has 4 rings (SSSR count). The molecule has 112 valence electrons. The first-order valence-corrected chi connectivity index (χ1v) is 7.18. The van der Waals surface area contributed by atoms with Crippen LogP contribution in [0.3, 0.4) is 0 Å². The molecule has 7 heteroatoms. The molecular formula is C15H15N5O2. The average molecular weight is 297 g/mol. The van der Waals surface area contributed by atoms with Gasteiger partial charge in [0.1, 0.15) is 11.4 Å². The van der Waals surface area contributed by atoms with Gasteiger partial charge in [-0.25, -0.2) is 4.99 Å². The van der Waals surface area contributed by atoms with Crippen LogP contribution in [0.1, 0.15) is 6.42 Å². The van der Waals surface area contributed by atoms with E-state index in [9.17, 15) is 9.59 Å². The number of allylic oxidation sites excluding steroid dienone is 2. The molecular weight excluding hydrogens is 282 g/mol. The molecule has 0 aromatic rings. The molecule has 3 heterocycles. The van der Waals surface area contributed by atoms with E-state index < -0.39 is 0 Å². The number of guanidine groups is 1. The minimum absolute atomic E-state index is 0.0242. The van der Waals surface area contributed by atoms with Crippen LogP contribution >= 0.6 is 0 Å². The van der Waals surface area contributed by atoms with E-state index in [-0.39, 0.29) is 29.7 Å². The van der Waals surface area contributed by atoms with E-state index in [1.54, 1.807) is 0 Å². The van der Waals surface area contributed by atoms with E-state index in [1.165, 1.54) is 0 Å². The van der Waals surface area contributed by atoms with Crippen LogP contribution in [0, 0.1) is 5.92 Å². The number of carbonyl (C=O) groups excluding carboxylic acids is 2. The Bertz CT molecular complexity index is 741. The molecule has 2 atom stereocenters. The van der Waals surface area contributed by atoms with E-state index in [0.717, 1.165) is 11.1 Å². The van der Waals surface area contributed by atoms with Crippen LogP contribution in [0.2, 0.25) is 0 Å². The minimum Gasteiger partial charge on any atom is -0.373 e. The second kappa shape index (κ2) is 4.59. The summed E-state index contributed by atoms with van der Waals surface area (Å²) in [5.74, 6) is -0.333. The van der Waals surface area contributed by atoms with E-state index in [1.807, 2.05) is 24.3 Å².